The molecule has 0 atom stereocenters. The van der Waals surface area contributed by atoms with Crippen LogP contribution in [0.4, 0.5) is 18.9 Å². The normalized spacial score (nSPS) is 10.8. The molecule has 1 aromatic heterocycles. The monoisotopic (exact) mass is 527 g/mol. The largest absolute Gasteiger partial charge is 0.573 e. The molecule has 3 N–H and O–H groups in total. The summed E-state index contributed by atoms with van der Waals surface area (Å²) in [7, 11) is 0. The maximum Gasteiger partial charge on any atom is 0.573 e. The number of ether oxygens (including phenoxy) is 1. The highest BCUT2D eigenvalue weighted by Gasteiger charge is 2.31. The summed E-state index contributed by atoms with van der Waals surface area (Å²) in [4.78, 5) is 4.26. The molecule has 4 aromatic rings. The first-order chi connectivity index (χ1) is 17.7. The summed E-state index contributed by atoms with van der Waals surface area (Å²) >= 11 is 4.75. The molecule has 194 valence electrons. The number of hydrogen-bond donors (Lipinski definition) is 2. The van der Waals surface area contributed by atoms with Crippen molar-refractivity contribution in [3.8, 4) is 22.8 Å². The predicted molar refractivity (Wildman–Crippen MR) is 144 cm³/mol. The first-order valence-electron chi connectivity index (χ1n) is 11.7. The van der Waals surface area contributed by atoms with E-state index in [4.69, 9.17) is 18.0 Å². The molecule has 0 bridgehead atoms. The zero-order valence-electron chi connectivity index (χ0n) is 20.5. The number of aryl methyl sites for hydroxylation is 2. The van der Waals surface area contributed by atoms with Crippen LogP contribution in [-0.2, 0) is 12.8 Å². The molecule has 0 saturated carbocycles. The summed E-state index contributed by atoms with van der Waals surface area (Å²) < 4.78 is 41.9. The molecule has 0 fully saturated rings. The van der Waals surface area contributed by atoms with Gasteiger partial charge in [0.15, 0.2) is 10.9 Å². The lowest BCUT2D eigenvalue weighted by atomic mass is 10.1. The van der Waals surface area contributed by atoms with E-state index >= 15 is 0 Å². The maximum atomic E-state index is 12.2. The fourth-order valence-electron chi connectivity index (χ4n) is 3.51. The fourth-order valence-corrected chi connectivity index (χ4v) is 3.62. The first kappa shape index (κ1) is 27.7. The highest BCUT2D eigenvalue weighted by atomic mass is 32.1. The Labute approximate surface area is 219 Å². The van der Waals surface area contributed by atoms with E-state index in [1.807, 2.05) is 42.5 Å². The Hall–Kier alpha value is -3.92. The van der Waals surface area contributed by atoms with Crippen molar-refractivity contribution in [2.24, 2.45) is 5.73 Å². The Balaban J connectivity index is 0.000000266. The second kappa shape index (κ2) is 12.9. The Morgan fingerprint density at radius 2 is 1.68 bits per heavy atom. The third-order valence-corrected chi connectivity index (χ3v) is 5.34. The topological polar surface area (TPSA) is 78.0 Å². The van der Waals surface area contributed by atoms with Gasteiger partial charge < -0.3 is 15.8 Å². The lowest BCUT2D eigenvalue weighted by Crippen LogP contribution is -2.19. The van der Waals surface area contributed by atoms with E-state index in [1.165, 1.54) is 46.4 Å². The molecule has 4 rings (SSSR count). The molecule has 6 nitrogen and oxygen atoms in total. The SMILES string of the molecule is CCCc1ccc(-c2ncn(-c3ccc(OC(F)(F)F)cc3)n2)cc1.CCc1ccccc1NC(N)=S. The molecule has 0 aliphatic rings. The molecule has 0 saturated heterocycles. The number of aromatic nitrogens is 3. The smallest absolute Gasteiger partial charge is 0.406 e. The van der Waals surface area contributed by atoms with Gasteiger partial charge in [0, 0.05) is 11.3 Å². The summed E-state index contributed by atoms with van der Waals surface area (Å²) in [5.74, 6) is 0.279. The van der Waals surface area contributed by atoms with Gasteiger partial charge in [-0.25, -0.2) is 9.67 Å². The number of thiocarbonyl (C=S) groups is 1. The van der Waals surface area contributed by atoms with E-state index in [2.05, 4.69) is 40.1 Å². The van der Waals surface area contributed by atoms with E-state index in [-0.39, 0.29) is 5.75 Å². The highest BCUT2D eigenvalue weighted by Crippen LogP contribution is 2.24. The lowest BCUT2D eigenvalue weighted by molar-refractivity contribution is -0.274. The Bertz CT molecular complexity index is 1290. The van der Waals surface area contributed by atoms with Crippen LogP contribution in [0.3, 0.4) is 0 Å². The van der Waals surface area contributed by atoms with Crippen LogP contribution in [0.25, 0.3) is 17.1 Å². The number of nitrogens with one attached hydrogen (secondary N) is 1. The third-order valence-electron chi connectivity index (χ3n) is 5.23. The van der Waals surface area contributed by atoms with Crippen molar-refractivity contribution in [1.82, 2.24) is 14.8 Å². The summed E-state index contributed by atoms with van der Waals surface area (Å²) in [5, 5.41) is 7.62. The minimum atomic E-state index is -4.70. The minimum Gasteiger partial charge on any atom is -0.406 e. The second-order valence-corrected chi connectivity index (χ2v) is 8.44. The predicted octanol–water partition coefficient (Wildman–Crippen LogP) is 6.69. The van der Waals surface area contributed by atoms with Gasteiger partial charge >= 0.3 is 6.36 Å². The van der Waals surface area contributed by atoms with Crippen LogP contribution in [0.2, 0.25) is 0 Å². The molecule has 0 amide bonds. The lowest BCUT2D eigenvalue weighted by Gasteiger charge is -2.09. The average molecular weight is 528 g/mol. The molecule has 10 heteroatoms. The quantitative estimate of drug-likeness (QED) is 0.261. The van der Waals surface area contributed by atoms with Gasteiger partial charge in [0.1, 0.15) is 12.1 Å². The van der Waals surface area contributed by atoms with Crippen molar-refractivity contribution in [3.05, 3.63) is 90.3 Å². The number of benzene rings is 3. The maximum absolute atomic E-state index is 12.2. The van der Waals surface area contributed by atoms with Crippen LogP contribution in [0, 0.1) is 0 Å². The first-order valence-corrected chi connectivity index (χ1v) is 12.1. The Morgan fingerprint density at radius 3 is 2.27 bits per heavy atom. The van der Waals surface area contributed by atoms with Crippen LogP contribution >= 0.6 is 12.2 Å². The summed E-state index contributed by atoms with van der Waals surface area (Å²) in [6, 6.07) is 21.5. The van der Waals surface area contributed by atoms with Crippen LogP contribution in [0.1, 0.15) is 31.4 Å². The van der Waals surface area contributed by atoms with Crippen molar-refractivity contribution in [2.75, 3.05) is 5.32 Å². The summed E-state index contributed by atoms with van der Waals surface area (Å²) in [6.07, 6.45) is -0.0959. The average Bonchev–Trinajstić information content (AvgIpc) is 3.35. The number of rotatable bonds is 7. The van der Waals surface area contributed by atoms with Gasteiger partial charge in [0.25, 0.3) is 0 Å². The van der Waals surface area contributed by atoms with Gasteiger partial charge in [-0.05, 0) is 66.5 Å². The van der Waals surface area contributed by atoms with E-state index in [1.54, 1.807) is 0 Å². The molecular formula is C27H28F3N5OS. The minimum absolute atomic E-state index is 0.275. The number of anilines is 1. The van der Waals surface area contributed by atoms with E-state index < -0.39 is 6.36 Å². The third kappa shape index (κ3) is 8.60. The van der Waals surface area contributed by atoms with Gasteiger partial charge in [-0.2, -0.15) is 0 Å². The molecule has 0 radical (unpaired) electrons. The van der Waals surface area contributed by atoms with Crippen molar-refractivity contribution < 1.29 is 17.9 Å². The van der Waals surface area contributed by atoms with Crippen molar-refractivity contribution in [3.63, 3.8) is 0 Å². The number of halogens is 3. The molecule has 0 spiro atoms. The van der Waals surface area contributed by atoms with E-state index in [9.17, 15) is 13.2 Å². The van der Waals surface area contributed by atoms with Crippen molar-refractivity contribution in [1.29, 1.82) is 0 Å². The number of hydrogen-bond acceptors (Lipinski definition) is 4. The molecule has 0 unspecified atom stereocenters. The molecular weight excluding hydrogens is 499 g/mol. The molecule has 1 heterocycles. The standard InChI is InChI=1S/C18H16F3N3O.C9H12N2S/c1-2-3-13-4-6-14(7-5-13)17-22-12-24(23-17)15-8-10-16(11-9-15)25-18(19,20)21;1-2-7-5-3-4-6-8(7)11-9(10)12/h4-12H,2-3H2,1H3;3-6H,2H2,1H3,(H3,10,11,12). The zero-order chi connectivity index (χ0) is 26.8. The van der Waals surface area contributed by atoms with Gasteiger partial charge in [-0.1, -0.05) is 62.7 Å². The number of nitrogens with zero attached hydrogens (tertiary/aromatic N) is 3. The van der Waals surface area contributed by atoms with Gasteiger partial charge in [-0.15, -0.1) is 18.3 Å². The number of alkyl halides is 3. The Kier molecular flexibility index (Phi) is 9.62. The van der Waals surface area contributed by atoms with Crippen LogP contribution in [-0.4, -0.2) is 26.2 Å². The van der Waals surface area contributed by atoms with Crippen molar-refractivity contribution in [2.45, 2.75) is 39.5 Å². The molecule has 0 aliphatic heterocycles. The fraction of sp³-hybridized carbons (Fsp3) is 0.222. The van der Waals surface area contributed by atoms with E-state index in [0.29, 0.717) is 16.6 Å². The van der Waals surface area contributed by atoms with E-state index in [0.717, 1.165) is 30.5 Å². The molecule has 3 aromatic carbocycles. The molecule has 0 aliphatic carbocycles. The Morgan fingerprint density at radius 1 is 1.00 bits per heavy atom. The van der Waals surface area contributed by atoms with Gasteiger partial charge in [-0.3, -0.25) is 0 Å². The highest BCUT2D eigenvalue weighted by molar-refractivity contribution is 7.80. The van der Waals surface area contributed by atoms with Gasteiger partial charge in [0.2, 0.25) is 0 Å². The van der Waals surface area contributed by atoms with Crippen molar-refractivity contribution >= 4 is 23.0 Å². The summed E-state index contributed by atoms with van der Waals surface area (Å²) in [5.41, 5.74) is 10.3. The molecule has 37 heavy (non-hydrogen) atoms. The van der Waals surface area contributed by atoms with Crippen LogP contribution in [0.15, 0.2) is 79.1 Å². The van der Waals surface area contributed by atoms with Crippen LogP contribution in [0.5, 0.6) is 5.75 Å². The second-order valence-electron chi connectivity index (χ2n) is 8.00. The summed E-state index contributed by atoms with van der Waals surface area (Å²) in [6.45, 7) is 4.22. The number of nitrogens with two attached hydrogens (primary N) is 1. The van der Waals surface area contributed by atoms with Crippen LogP contribution < -0.4 is 15.8 Å². The zero-order valence-corrected chi connectivity index (χ0v) is 21.3. The number of para-hydroxylation sites is 1. The van der Waals surface area contributed by atoms with Gasteiger partial charge in [0.05, 0.1) is 5.69 Å².